The molecular weight excluding hydrogens is 419 g/mol. The minimum absolute atomic E-state index is 0.739. The summed E-state index contributed by atoms with van der Waals surface area (Å²) in [5.41, 5.74) is 3.95. The number of carboxylic acid groups (broad SMARTS) is 1. The number of alkyl halides is 3. The fourth-order valence-corrected chi connectivity index (χ4v) is 4.22. The first-order valence-electron chi connectivity index (χ1n) is 9.34. The van der Waals surface area contributed by atoms with Crippen LogP contribution in [0.25, 0.3) is 10.9 Å². The number of carboxylic acids is 1. The van der Waals surface area contributed by atoms with Gasteiger partial charge in [0.25, 0.3) is 0 Å². The van der Waals surface area contributed by atoms with Gasteiger partial charge in [0.2, 0.25) is 0 Å². The second kappa shape index (κ2) is 9.59. The van der Waals surface area contributed by atoms with Crippen molar-refractivity contribution < 1.29 is 27.8 Å². The number of aromatic nitrogens is 2. The van der Waals surface area contributed by atoms with Crippen LogP contribution in [-0.2, 0) is 42.6 Å². The third kappa shape index (κ3) is 5.59. The number of aryl methyl sites for hydroxylation is 1. The lowest BCUT2D eigenvalue weighted by molar-refractivity contribution is -0.192. The lowest BCUT2D eigenvalue weighted by atomic mass is 10.1. The molecule has 0 fully saturated rings. The Hall–Kier alpha value is -2.43. The molecule has 10 heteroatoms. The van der Waals surface area contributed by atoms with Gasteiger partial charge in [-0.05, 0) is 24.6 Å². The zero-order valence-electron chi connectivity index (χ0n) is 16.3. The number of fused-ring (bicyclic) bond motifs is 2. The zero-order chi connectivity index (χ0) is 21.7. The van der Waals surface area contributed by atoms with E-state index in [1.165, 1.54) is 32.0 Å². The molecule has 1 aliphatic rings. The first-order chi connectivity index (χ1) is 14.3. The Bertz CT molecular complexity index is 990. The number of benzene rings is 1. The Labute approximate surface area is 175 Å². The van der Waals surface area contributed by atoms with Crippen molar-refractivity contribution >= 4 is 28.2 Å². The van der Waals surface area contributed by atoms with Crippen molar-refractivity contribution in [3.63, 3.8) is 0 Å². The molecule has 1 aliphatic heterocycles. The minimum Gasteiger partial charge on any atom is -0.475 e. The number of nitrogens with one attached hydrogen (secondary N) is 1. The quantitative estimate of drug-likeness (QED) is 0.591. The highest BCUT2D eigenvalue weighted by molar-refractivity contribution is 7.11. The third-order valence-corrected chi connectivity index (χ3v) is 5.68. The fourth-order valence-electron chi connectivity index (χ4n) is 3.20. The van der Waals surface area contributed by atoms with Gasteiger partial charge >= 0.3 is 12.1 Å². The Morgan fingerprint density at radius 1 is 1.37 bits per heavy atom. The fraction of sp³-hybridized carbons (Fsp3) is 0.400. The summed E-state index contributed by atoms with van der Waals surface area (Å²) < 4.78 is 39.4. The molecule has 0 radical (unpaired) electrons. The molecular formula is C20H22F3N3O3S. The standard InChI is InChI=1S/C18H21N3OS.C2HF3O2/c1-21-11-13(14-4-2-3-5-16(14)21)6-8-19-10-18-20-15-7-9-22-12-17(15)23-18;3-2(4,5)1(6)7/h2-5,11,19H,6-10,12H2,1H3;(H,6,7). The number of hydrogen-bond acceptors (Lipinski definition) is 5. The molecule has 0 amide bonds. The van der Waals surface area contributed by atoms with Crippen LogP contribution in [0.1, 0.15) is 21.1 Å². The molecule has 0 atom stereocenters. The summed E-state index contributed by atoms with van der Waals surface area (Å²) in [5.74, 6) is -2.76. The van der Waals surface area contributed by atoms with Gasteiger partial charge in [0, 0.05) is 37.1 Å². The Morgan fingerprint density at radius 3 is 2.80 bits per heavy atom. The van der Waals surface area contributed by atoms with E-state index >= 15 is 0 Å². The summed E-state index contributed by atoms with van der Waals surface area (Å²) in [6, 6.07) is 8.59. The van der Waals surface area contributed by atoms with Gasteiger partial charge in [-0.1, -0.05) is 18.2 Å². The maximum absolute atomic E-state index is 10.6. The molecule has 6 nitrogen and oxygen atoms in total. The highest BCUT2D eigenvalue weighted by atomic mass is 32.1. The number of thiazole rings is 1. The molecule has 3 aromatic rings. The number of rotatable bonds is 5. The van der Waals surface area contributed by atoms with Crippen molar-refractivity contribution in [3.8, 4) is 0 Å². The summed E-state index contributed by atoms with van der Waals surface area (Å²) in [6.45, 7) is 3.37. The number of para-hydroxylation sites is 1. The van der Waals surface area contributed by atoms with E-state index in [4.69, 9.17) is 19.6 Å². The normalized spacial score (nSPS) is 13.6. The van der Waals surface area contributed by atoms with Gasteiger partial charge in [-0.15, -0.1) is 11.3 Å². The minimum atomic E-state index is -5.08. The van der Waals surface area contributed by atoms with Crippen molar-refractivity contribution in [2.75, 3.05) is 13.2 Å². The van der Waals surface area contributed by atoms with E-state index in [1.54, 1.807) is 11.3 Å². The highest BCUT2D eigenvalue weighted by Crippen LogP contribution is 2.24. The summed E-state index contributed by atoms with van der Waals surface area (Å²) in [6.07, 6.45) is -0.844. The summed E-state index contributed by atoms with van der Waals surface area (Å²) >= 11 is 1.79. The van der Waals surface area contributed by atoms with Gasteiger partial charge in [0.05, 0.1) is 23.8 Å². The summed E-state index contributed by atoms with van der Waals surface area (Å²) in [7, 11) is 2.11. The second-order valence-corrected chi connectivity index (χ2v) is 7.96. The van der Waals surface area contributed by atoms with E-state index < -0.39 is 12.1 Å². The molecule has 162 valence electrons. The van der Waals surface area contributed by atoms with E-state index in [0.717, 1.165) is 39.1 Å². The summed E-state index contributed by atoms with van der Waals surface area (Å²) in [4.78, 5) is 14.9. The van der Waals surface area contributed by atoms with E-state index in [-0.39, 0.29) is 0 Å². The average Bonchev–Trinajstić information content (AvgIpc) is 3.26. The molecule has 2 aromatic heterocycles. The number of ether oxygens (including phenoxy) is 1. The number of nitrogens with zero attached hydrogens (tertiary/aromatic N) is 2. The van der Waals surface area contributed by atoms with Crippen LogP contribution in [0.4, 0.5) is 13.2 Å². The Kier molecular flexibility index (Phi) is 7.11. The van der Waals surface area contributed by atoms with Crippen molar-refractivity contribution in [1.29, 1.82) is 0 Å². The van der Waals surface area contributed by atoms with E-state index in [0.29, 0.717) is 0 Å². The zero-order valence-corrected chi connectivity index (χ0v) is 17.1. The van der Waals surface area contributed by atoms with E-state index in [2.05, 4.69) is 47.4 Å². The number of carbonyl (C=O) groups is 1. The number of halogens is 3. The summed E-state index contributed by atoms with van der Waals surface area (Å²) in [5, 5.41) is 13.2. The SMILES string of the molecule is Cn1cc(CCNCc2nc3c(s2)COCC3)c2ccccc21.O=C(O)C(F)(F)F. The van der Waals surface area contributed by atoms with Crippen LogP contribution in [0.15, 0.2) is 30.5 Å². The lowest BCUT2D eigenvalue weighted by Gasteiger charge is -2.08. The molecule has 4 rings (SSSR count). The molecule has 0 saturated carbocycles. The van der Waals surface area contributed by atoms with Crippen molar-refractivity contribution in [2.45, 2.75) is 32.2 Å². The molecule has 0 spiro atoms. The van der Waals surface area contributed by atoms with Crippen molar-refractivity contribution in [2.24, 2.45) is 7.05 Å². The van der Waals surface area contributed by atoms with Gasteiger partial charge < -0.3 is 19.7 Å². The predicted molar refractivity (Wildman–Crippen MR) is 107 cm³/mol. The van der Waals surface area contributed by atoms with Crippen LogP contribution in [0.2, 0.25) is 0 Å². The van der Waals surface area contributed by atoms with E-state index in [1.807, 2.05) is 0 Å². The smallest absolute Gasteiger partial charge is 0.475 e. The van der Waals surface area contributed by atoms with Crippen molar-refractivity contribution in [1.82, 2.24) is 14.9 Å². The van der Waals surface area contributed by atoms with Crippen LogP contribution in [0.3, 0.4) is 0 Å². The first kappa shape index (κ1) is 22.3. The molecule has 1 aromatic carbocycles. The largest absolute Gasteiger partial charge is 0.490 e. The second-order valence-electron chi connectivity index (χ2n) is 6.79. The first-order valence-corrected chi connectivity index (χ1v) is 10.2. The van der Waals surface area contributed by atoms with Gasteiger partial charge in [0.15, 0.2) is 0 Å². The number of hydrogen-bond donors (Lipinski definition) is 2. The molecule has 30 heavy (non-hydrogen) atoms. The lowest BCUT2D eigenvalue weighted by Crippen LogP contribution is -2.21. The van der Waals surface area contributed by atoms with Gasteiger partial charge in [0.1, 0.15) is 5.01 Å². The Balaban J connectivity index is 0.000000318. The van der Waals surface area contributed by atoms with Crippen LogP contribution < -0.4 is 5.32 Å². The van der Waals surface area contributed by atoms with Gasteiger partial charge in [-0.3, -0.25) is 0 Å². The Morgan fingerprint density at radius 2 is 2.10 bits per heavy atom. The molecule has 0 saturated heterocycles. The van der Waals surface area contributed by atoms with Crippen LogP contribution in [0.5, 0.6) is 0 Å². The maximum atomic E-state index is 10.6. The number of aliphatic carboxylic acids is 1. The van der Waals surface area contributed by atoms with Crippen LogP contribution in [-0.4, -0.2) is 40.0 Å². The van der Waals surface area contributed by atoms with Crippen LogP contribution in [0, 0.1) is 0 Å². The predicted octanol–water partition coefficient (Wildman–Crippen LogP) is 3.67. The topological polar surface area (TPSA) is 76.4 Å². The molecule has 3 heterocycles. The average molecular weight is 441 g/mol. The molecule has 2 N–H and O–H groups in total. The third-order valence-electron chi connectivity index (χ3n) is 4.61. The maximum Gasteiger partial charge on any atom is 0.490 e. The van der Waals surface area contributed by atoms with Crippen molar-refractivity contribution in [3.05, 3.63) is 51.6 Å². The van der Waals surface area contributed by atoms with Gasteiger partial charge in [-0.25, -0.2) is 9.78 Å². The van der Waals surface area contributed by atoms with Crippen LogP contribution >= 0.6 is 11.3 Å². The van der Waals surface area contributed by atoms with E-state index in [9.17, 15) is 13.2 Å². The molecule has 0 unspecified atom stereocenters. The van der Waals surface area contributed by atoms with Gasteiger partial charge in [-0.2, -0.15) is 13.2 Å². The molecule has 0 aliphatic carbocycles. The highest BCUT2D eigenvalue weighted by Gasteiger charge is 2.38. The molecule has 0 bridgehead atoms. The monoisotopic (exact) mass is 441 g/mol.